The van der Waals surface area contributed by atoms with Gasteiger partial charge in [-0.05, 0) is 64.5 Å². The molecule has 0 unspecified atom stereocenters. The van der Waals surface area contributed by atoms with Gasteiger partial charge in [0.2, 0.25) is 5.88 Å². The Morgan fingerprint density at radius 2 is 1.87 bits per heavy atom. The smallest absolute Gasteiger partial charge is 0.434 e. The highest BCUT2D eigenvalue weighted by atomic mass is 35.5. The largest absolute Gasteiger partial charge is 0.473 e. The SMILES string of the molecule is Cc1nc(O[C@H]2CC[C@H](c3ccc(Cl)c(C(F)(F)F)n3)C[C@@H]2N(C)C)ccc1S(=O)(=O)Cc1ccncn1. The van der Waals surface area contributed by atoms with Crippen LogP contribution in [-0.4, -0.2) is 59.5 Å². The first kappa shape index (κ1) is 28.2. The number of nitrogens with zero attached hydrogens (tertiary/aromatic N) is 5. The molecule has 0 saturated heterocycles. The molecular weight excluding hydrogens is 543 g/mol. The van der Waals surface area contributed by atoms with E-state index in [9.17, 15) is 21.6 Å². The van der Waals surface area contributed by atoms with Crippen molar-refractivity contribution in [1.82, 2.24) is 24.8 Å². The molecule has 0 N–H and O–H groups in total. The number of halogens is 4. The standard InChI is InChI=1S/C25H27ClF3N5O3S/c1-15-22(38(35,36)13-17-10-11-30-14-31-17)8-9-23(32-15)37-21-7-4-16(12-20(21)34(2)3)19-6-5-18(26)24(33-19)25(27,28)29/h5-6,8-11,14,16,20-21H,4,7,12-13H2,1-3H3/t16-,20-,21-/m0/s1. The van der Waals surface area contributed by atoms with Crippen molar-refractivity contribution in [3.63, 3.8) is 0 Å². The van der Waals surface area contributed by atoms with Crippen LogP contribution >= 0.6 is 11.6 Å². The van der Waals surface area contributed by atoms with Crippen LogP contribution in [0.3, 0.4) is 0 Å². The van der Waals surface area contributed by atoms with Gasteiger partial charge < -0.3 is 9.64 Å². The fourth-order valence-electron chi connectivity index (χ4n) is 4.70. The Morgan fingerprint density at radius 3 is 2.50 bits per heavy atom. The highest BCUT2D eigenvalue weighted by molar-refractivity contribution is 7.90. The molecule has 0 radical (unpaired) electrons. The highest BCUT2D eigenvalue weighted by Crippen LogP contribution is 2.39. The van der Waals surface area contributed by atoms with Crippen LogP contribution in [0.2, 0.25) is 5.02 Å². The van der Waals surface area contributed by atoms with Gasteiger partial charge in [0.15, 0.2) is 15.5 Å². The third kappa shape index (κ3) is 6.41. The number of aryl methyl sites for hydroxylation is 1. The summed E-state index contributed by atoms with van der Waals surface area (Å²) < 4.78 is 72.0. The van der Waals surface area contributed by atoms with Gasteiger partial charge in [0, 0.05) is 29.9 Å². The number of hydrogen-bond acceptors (Lipinski definition) is 8. The lowest BCUT2D eigenvalue weighted by Crippen LogP contribution is -2.46. The molecule has 4 rings (SSSR count). The monoisotopic (exact) mass is 569 g/mol. The lowest BCUT2D eigenvalue weighted by molar-refractivity contribution is -0.141. The van der Waals surface area contributed by atoms with Crippen LogP contribution in [0, 0.1) is 6.92 Å². The molecule has 13 heteroatoms. The van der Waals surface area contributed by atoms with E-state index in [0.29, 0.717) is 36.3 Å². The molecule has 3 aromatic rings. The molecule has 0 aliphatic heterocycles. The van der Waals surface area contributed by atoms with Crippen molar-refractivity contribution in [2.45, 2.75) is 61.1 Å². The molecule has 1 aliphatic carbocycles. The Labute approximate surface area is 224 Å². The maximum atomic E-state index is 13.3. The second-order valence-electron chi connectivity index (χ2n) is 9.45. The first-order valence-corrected chi connectivity index (χ1v) is 13.9. The minimum Gasteiger partial charge on any atom is -0.473 e. The zero-order chi connectivity index (χ0) is 27.7. The molecule has 3 heterocycles. The van der Waals surface area contributed by atoms with Crippen molar-refractivity contribution in [2.75, 3.05) is 14.1 Å². The summed E-state index contributed by atoms with van der Waals surface area (Å²) in [5.74, 6) is -0.202. The van der Waals surface area contributed by atoms with Crippen LogP contribution in [0.1, 0.15) is 48.0 Å². The molecule has 0 amide bonds. The highest BCUT2D eigenvalue weighted by Gasteiger charge is 2.38. The average molecular weight is 570 g/mol. The third-order valence-electron chi connectivity index (χ3n) is 6.57. The second kappa shape index (κ2) is 11.1. The minimum absolute atomic E-state index is 0.0885. The molecule has 1 fully saturated rings. The van der Waals surface area contributed by atoms with Crippen LogP contribution in [0.25, 0.3) is 0 Å². The van der Waals surface area contributed by atoms with Gasteiger partial charge in [0.25, 0.3) is 0 Å². The zero-order valence-corrected chi connectivity index (χ0v) is 22.6. The van der Waals surface area contributed by atoms with Crippen molar-refractivity contribution in [2.24, 2.45) is 0 Å². The number of ether oxygens (including phenoxy) is 1. The van der Waals surface area contributed by atoms with Crippen molar-refractivity contribution < 1.29 is 26.3 Å². The van der Waals surface area contributed by atoms with Crippen LogP contribution in [0.5, 0.6) is 5.88 Å². The quantitative estimate of drug-likeness (QED) is 0.398. The van der Waals surface area contributed by atoms with Crippen LogP contribution in [-0.2, 0) is 21.8 Å². The van der Waals surface area contributed by atoms with Gasteiger partial charge in [-0.2, -0.15) is 13.2 Å². The maximum Gasteiger partial charge on any atom is 0.434 e. The van der Waals surface area contributed by atoms with Gasteiger partial charge in [0.05, 0.1) is 27.1 Å². The zero-order valence-electron chi connectivity index (χ0n) is 21.0. The first-order valence-electron chi connectivity index (χ1n) is 11.9. The molecule has 1 aliphatic rings. The molecule has 204 valence electrons. The van der Waals surface area contributed by atoms with E-state index in [1.807, 2.05) is 19.0 Å². The lowest BCUT2D eigenvalue weighted by Gasteiger charge is -2.39. The summed E-state index contributed by atoms with van der Waals surface area (Å²) in [7, 11) is 0.0665. The van der Waals surface area contributed by atoms with Gasteiger partial charge >= 0.3 is 6.18 Å². The van der Waals surface area contributed by atoms with Gasteiger partial charge in [-0.15, -0.1) is 0 Å². The van der Waals surface area contributed by atoms with Gasteiger partial charge in [0.1, 0.15) is 12.4 Å². The Hall–Kier alpha value is -2.83. The van der Waals surface area contributed by atoms with Crippen molar-refractivity contribution in [3.8, 4) is 5.88 Å². The average Bonchev–Trinajstić information content (AvgIpc) is 2.84. The summed E-state index contributed by atoms with van der Waals surface area (Å²) >= 11 is 5.74. The number of likely N-dealkylation sites (N-methyl/N-ethyl adjacent to an activating group) is 1. The van der Waals surface area contributed by atoms with Gasteiger partial charge in [-0.25, -0.2) is 28.4 Å². The first-order chi connectivity index (χ1) is 17.8. The minimum atomic E-state index is -4.63. The second-order valence-corrected chi connectivity index (χ2v) is 11.8. The fraction of sp³-hybridized carbons (Fsp3) is 0.440. The number of rotatable bonds is 7. The number of alkyl halides is 3. The van der Waals surface area contributed by atoms with Gasteiger partial charge in [-0.1, -0.05) is 11.6 Å². The Morgan fingerprint density at radius 1 is 1.11 bits per heavy atom. The maximum absolute atomic E-state index is 13.3. The Kier molecular flexibility index (Phi) is 8.24. The van der Waals surface area contributed by atoms with Crippen LogP contribution in [0.4, 0.5) is 13.2 Å². The van der Waals surface area contributed by atoms with Crippen molar-refractivity contribution in [3.05, 3.63) is 70.7 Å². The topological polar surface area (TPSA) is 98.2 Å². The molecular formula is C25H27ClF3N5O3S. The Balaban J connectivity index is 1.49. The summed E-state index contributed by atoms with van der Waals surface area (Å²) in [5, 5.41) is -0.425. The number of hydrogen-bond donors (Lipinski definition) is 0. The predicted octanol–water partition coefficient (Wildman–Crippen LogP) is 4.87. The van der Waals surface area contributed by atoms with E-state index in [2.05, 4.69) is 19.9 Å². The summed E-state index contributed by atoms with van der Waals surface area (Å²) in [6.45, 7) is 1.60. The van der Waals surface area contributed by atoms with Crippen LogP contribution < -0.4 is 4.74 Å². The van der Waals surface area contributed by atoms with E-state index >= 15 is 0 Å². The van der Waals surface area contributed by atoms with Crippen molar-refractivity contribution >= 4 is 21.4 Å². The number of pyridine rings is 2. The molecule has 3 atom stereocenters. The fourth-order valence-corrected chi connectivity index (χ4v) is 6.40. The molecule has 0 bridgehead atoms. The molecule has 0 spiro atoms. The van der Waals surface area contributed by atoms with E-state index < -0.39 is 26.7 Å². The Bertz CT molecular complexity index is 1390. The molecule has 3 aromatic heterocycles. The van der Waals surface area contributed by atoms with E-state index in [1.165, 1.54) is 30.7 Å². The van der Waals surface area contributed by atoms with E-state index in [4.69, 9.17) is 16.3 Å². The van der Waals surface area contributed by atoms with E-state index in [0.717, 1.165) is 0 Å². The normalized spacial score (nSPS) is 20.5. The summed E-state index contributed by atoms with van der Waals surface area (Å²) in [6, 6.07) is 7.19. The van der Waals surface area contributed by atoms with Gasteiger partial charge in [-0.3, -0.25) is 0 Å². The molecule has 1 saturated carbocycles. The van der Waals surface area contributed by atoms with E-state index in [-0.39, 0.29) is 34.6 Å². The molecule has 38 heavy (non-hydrogen) atoms. The van der Waals surface area contributed by atoms with E-state index in [1.54, 1.807) is 19.1 Å². The van der Waals surface area contributed by atoms with Crippen LogP contribution in [0.15, 0.2) is 47.8 Å². The third-order valence-corrected chi connectivity index (χ3v) is 8.65. The number of sulfone groups is 1. The molecule has 8 nitrogen and oxygen atoms in total. The summed E-state index contributed by atoms with van der Waals surface area (Å²) in [6.07, 6.45) is -0.528. The predicted molar refractivity (Wildman–Crippen MR) is 135 cm³/mol. The number of aromatic nitrogens is 4. The lowest BCUT2D eigenvalue weighted by atomic mass is 9.81. The molecule has 0 aromatic carbocycles. The summed E-state index contributed by atoms with van der Waals surface area (Å²) in [5.41, 5.74) is -0.0513. The summed E-state index contributed by atoms with van der Waals surface area (Å²) in [4.78, 5) is 18.1. The van der Waals surface area contributed by atoms with Crippen molar-refractivity contribution in [1.29, 1.82) is 0 Å².